The highest BCUT2D eigenvalue weighted by Crippen LogP contribution is 2.44. The van der Waals surface area contributed by atoms with E-state index in [0.29, 0.717) is 5.92 Å². The van der Waals surface area contributed by atoms with Crippen molar-refractivity contribution in [2.45, 2.75) is 46.5 Å². The minimum Gasteiger partial charge on any atom is -0.496 e. The SMILES string of the molecule is CC.CC.COc1ccc(C=O)cc1C1CC1. The molecule has 1 fully saturated rings. The van der Waals surface area contributed by atoms with Crippen LogP contribution in [-0.2, 0) is 0 Å². The van der Waals surface area contributed by atoms with Gasteiger partial charge in [0.25, 0.3) is 0 Å². The van der Waals surface area contributed by atoms with Crippen LogP contribution in [0.4, 0.5) is 0 Å². The van der Waals surface area contributed by atoms with Gasteiger partial charge in [-0.15, -0.1) is 0 Å². The van der Waals surface area contributed by atoms with Crippen LogP contribution in [0.2, 0.25) is 0 Å². The van der Waals surface area contributed by atoms with Gasteiger partial charge in [0.1, 0.15) is 12.0 Å². The van der Waals surface area contributed by atoms with Crippen LogP contribution in [0.3, 0.4) is 0 Å². The molecule has 0 heterocycles. The van der Waals surface area contributed by atoms with Crippen molar-refractivity contribution < 1.29 is 9.53 Å². The van der Waals surface area contributed by atoms with Crippen molar-refractivity contribution in [1.82, 2.24) is 0 Å². The third-order valence-corrected chi connectivity index (χ3v) is 2.41. The first-order chi connectivity index (χ1) is 8.35. The summed E-state index contributed by atoms with van der Waals surface area (Å²) in [6, 6.07) is 5.60. The van der Waals surface area contributed by atoms with Gasteiger partial charge in [-0.25, -0.2) is 0 Å². The van der Waals surface area contributed by atoms with E-state index in [1.807, 2.05) is 39.8 Å². The van der Waals surface area contributed by atoms with Gasteiger partial charge in [-0.3, -0.25) is 4.79 Å². The van der Waals surface area contributed by atoms with E-state index in [4.69, 9.17) is 4.74 Å². The Morgan fingerprint density at radius 1 is 1.18 bits per heavy atom. The lowest BCUT2D eigenvalue weighted by Crippen LogP contribution is -1.91. The number of carbonyl (C=O) groups excluding carboxylic acids is 1. The topological polar surface area (TPSA) is 26.3 Å². The second kappa shape index (κ2) is 8.80. The van der Waals surface area contributed by atoms with E-state index in [-0.39, 0.29) is 0 Å². The van der Waals surface area contributed by atoms with Crippen molar-refractivity contribution in [2.24, 2.45) is 0 Å². The van der Waals surface area contributed by atoms with E-state index in [1.54, 1.807) is 13.2 Å². The van der Waals surface area contributed by atoms with Gasteiger partial charge in [0.2, 0.25) is 0 Å². The zero-order chi connectivity index (χ0) is 13.3. The Bertz CT molecular complexity index is 328. The van der Waals surface area contributed by atoms with Gasteiger partial charge in [0, 0.05) is 5.56 Å². The molecule has 96 valence electrons. The van der Waals surface area contributed by atoms with E-state index in [2.05, 4.69) is 0 Å². The molecule has 0 unspecified atom stereocenters. The second-order valence-electron chi connectivity index (χ2n) is 3.39. The summed E-state index contributed by atoms with van der Waals surface area (Å²) >= 11 is 0. The lowest BCUT2D eigenvalue weighted by atomic mass is 10.1. The van der Waals surface area contributed by atoms with Crippen LogP contribution < -0.4 is 4.74 Å². The average molecular weight is 236 g/mol. The second-order valence-corrected chi connectivity index (χ2v) is 3.39. The van der Waals surface area contributed by atoms with Gasteiger partial charge in [-0.1, -0.05) is 27.7 Å². The van der Waals surface area contributed by atoms with Crippen LogP contribution in [0, 0.1) is 0 Å². The Morgan fingerprint density at radius 3 is 2.18 bits per heavy atom. The fraction of sp³-hybridized carbons (Fsp3) is 0.533. The fourth-order valence-electron chi connectivity index (χ4n) is 1.54. The summed E-state index contributed by atoms with van der Waals surface area (Å²) in [6.45, 7) is 8.00. The molecule has 2 heteroatoms. The first kappa shape index (κ1) is 15.7. The van der Waals surface area contributed by atoms with Gasteiger partial charge in [-0.2, -0.15) is 0 Å². The monoisotopic (exact) mass is 236 g/mol. The van der Waals surface area contributed by atoms with Crippen molar-refractivity contribution in [1.29, 1.82) is 0 Å². The van der Waals surface area contributed by atoms with Crippen LogP contribution in [0.25, 0.3) is 0 Å². The Labute approximate surface area is 105 Å². The lowest BCUT2D eigenvalue weighted by Gasteiger charge is -2.07. The maximum atomic E-state index is 10.6. The smallest absolute Gasteiger partial charge is 0.150 e. The molecule has 1 saturated carbocycles. The first-order valence-electron chi connectivity index (χ1n) is 6.48. The molecular weight excluding hydrogens is 212 g/mol. The molecule has 1 aromatic rings. The number of benzene rings is 1. The Hall–Kier alpha value is -1.31. The zero-order valence-corrected chi connectivity index (χ0v) is 11.6. The number of aldehydes is 1. The van der Waals surface area contributed by atoms with Crippen molar-refractivity contribution in [3.8, 4) is 5.75 Å². The highest BCUT2D eigenvalue weighted by atomic mass is 16.5. The lowest BCUT2D eigenvalue weighted by molar-refractivity contribution is 0.112. The molecule has 2 rings (SSSR count). The molecular formula is C15H24O2. The van der Waals surface area contributed by atoms with Crippen LogP contribution in [0.15, 0.2) is 18.2 Å². The summed E-state index contributed by atoms with van der Waals surface area (Å²) in [5, 5.41) is 0. The van der Waals surface area contributed by atoms with Gasteiger partial charge in [0.15, 0.2) is 0 Å². The Morgan fingerprint density at radius 2 is 1.76 bits per heavy atom. The third kappa shape index (κ3) is 4.59. The molecule has 0 N–H and O–H groups in total. The van der Waals surface area contributed by atoms with Crippen LogP contribution in [-0.4, -0.2) is 13.4 Å². The maximum absolute atomic E-state index is 10.6. The number of ether oxygens (including phenoxy) is 1. The predicted molar refractivity (Wildman–Crippen MR) is 73.1 cm³/mol. The average Bonchev–Trinajstić information content (AvgIpc) is 3.27. The van der Waals surface area contributed by atoms with Crippen LogP contribution in [0.5, 0.6) is 5.75 Å². The minimum absolute atomic E-state index is 0.620. The summed E-state index contributed by atoms with van der Waals surface area (Å²) in [5.74, 6) is 1.53. The molecule has 1 aliphatic carbocycles. The summed E-state index contributed by atoms with van der Waals surface area (Å²) in [5.41, 5.74) is 1.93. The summed E-state index contributed by atoms with van der Waals surface area (Å²) in [4.78, 5) is 10.6. The van der Waals surface area contributed by atoms with Gasteiger partial charge in [0.05, 0.1) is 7.11 Å². The van der Waals surface area contributed by atoms with E-state index in [1.165, 1.54) is 18.4 Å². The molecule has 0 radical (unpaired) electrons. The van der Waals surface area contributed by atoms with Crippen molar-refractivity contribution >= 4 is 6.29 Å². The van der Waals surface area contributed by atoms with E-state index >= 15 is 0 Å². The zero-order valence-electron chi connectivity index (χ0n) is 11.6. The van der Waals surface area contributed by atoms with Gasteiger partial charge in [-0.05, 0) is 42.5 Å². The van der Waals surface area contributed by atoms with Gasteiger partial charge < -0.3 is 4.74 Å². The number of carbonyl (C=O) groups is 1. The molecule has 1 aromatic carbocycles. The molecule has 1 aliphatic rings. The molecule has 2 nitrogen and oxygen atoms in total. The number of rotatable bonds is 3. The quantitative estimate of drug-likeness (QED) is 0.725. The number of hydrogen-bond acceptors (Lipinski definition) is 2. The molecule has 0 saturated heterocycles. The van der Waals surface area contributed by atoms with Crippen molar-refractivity contribution in [3.63, 3.8) is 0 Å². The highest BCUT2D eigenvalue weighted by molar-refractivity contribution is 5.75. The maximum Gasteiger partial charge on any atom is 0.150 e. The molecule has 0 aliphatic heterocycles. The number of hydrogen-bond donors (Lipinski definition) is 0. The Balaban J connectivity index is 0.000000581. The normalized spacial score (nSPS) is 12.5. The van der Waals surface area contributed by atoms with E-state index < -0.39 is 0 Å². The van der Waals surface area contributed by atoms with Crippen LogP contribution in [0.1, 0.15) is 62.4 Å². The fourth-order valence-corrected chi connectivity index (χ4v) is 1.54. The van der Waals surface area contributed by atoms with Crippen LogP contribution >= 0.6 is 0 Å². The predicted octanol–water partition coefficient (Wildman–Crippen LogP) is 4.44. The molecule has 0 bridgehead atoms. The molecule has 0 aromatic heterocycles. The van der Waals surface area contributed by atoms with E-state index in [9.17, 15) is 4.79 Å². The van der Waals surface area contributed by atoms with E-state index in [0.717, 1.165) is 17.6 Å². The third-order valence-electron chi connectivity index (χ3n) is 2.41. The Kier molecular flexibility index (Phi) is 8.12. The van der Waals surface area contributed by atoms with Crippen molar-refractivity contribution in [2.75, 3.05) is 7.11 Å². The minimum atomic E-state index is 0.620. The molecule has 0 amide bonds. The largest absolute Gasteiger partial charge is 0.496 e. The van der Waals surface area contributed by atoms with Gasteiger partial charge >= 0.3 is 0 Å². The molecule has 0 atom stereocenters. The first-order valence-corrected chi connectivity index (χ1v) is 6.48. The summed E-state index contributed by atoms with van der Waals surface area (Å²) in [6.07, 6.45) is 3.32. The molecule has 0 spiro atoms. The standard InChI is InChI=1S/C11H12O2.2C2H6/c1-13-11-5-2-8(7-12)6-10(11)9-3-4-9;2*1-2/h2,5-7,9H,3-4H2,1H3;2*1-2H3. The molecule has 17 heavy (non-hydrogen) atoms. The number of methoxy groups -OCH3 is 1. The summed E-state index contributed by atoms with van der Waals surface area (Å²) < 4.78 is 5.23. The summed E-state index contributed by atoms with van der Waals surface area (Å²) in [7, 11) is 1.67. The van der Waals surface area contributed by atoms with Crippen molar-refractivity contribution in [3.05, 3.63) is 29.3 Å². The highest BCUT2D eigenvalue weighted by Gasteiger charge is 2.26.